The van der Waals surface area contributed by atoms with Crippen molar-refractivity contribution < 1.29 is 22.7 Å². The van der Waals surface area contributed by atoms with Gasteiger partial charge < -0.3 is 25.6 Å². The van der Waals surface area contributed by atoms with Crippen molar-refractivity contribution in [2.24, 2.45) is 0 Å². The molecule has 0 bridgehead atoms. The van der Waals surface area contributed by atoms with Crippen LogP contribution >= 0.6 is 0 Å². The van der Waals surface area contributed by atoms with Gasteiger partial charge in [-0.2, -0.15) is 18.2 Å². The van der Waals surface area contributed by atoms with Gasteiger partial charge in [-0.25, -0.2) is 4.98 Å². The zero-order valence-corrected chi connectivity index (χ0v) is 19.1. The van der Waals surface area contributed by atoms with Gasteiger partial charge in [-0.3, -0.25) is 4.79 Å². The number of aromatic nitrogens is 2. The first-order valence-electron chi connectivity index (χ1n) is 11.5. The average molecular weight is 479 g/mol. The molecule has 3 heterocycles. The van der Waals surface area contributed by atoms with Gasteiger partial charge in [0.05, 0.1) is 12.8 Å². The Kier molecular flexibility index (Phi) is 7.40. The molecule has 1 amide bonds. The van der Waals surface area contributed by atoms with Crippen LogP contribution in [-0.4, -0.2) is 54.1 Å². The maximum Gasteiger partial charge on any atom is 0.421 e. The van der Waals surface area contributed by atoms with E-state index in [1.54, 1.807) is 4.90 Å². The van der Waals surface area contributed by atoms with Crippen LogP contribution in [0.3, 0.4) is 0 Å². The monoisotopic (exact) mass is 478 g/mol. The van der Waals surface area contributed by atoms with E-state index in [-0.39, 0.29) is 30.6 Å². The summed E-state index contributed by atoms with van der Waals surface area (Å²) in [7, 11) is 1.54. The van der Waals surface area contributed by atoms with Gasteiger partial charge in [-0.15, -0.1) is 0 Å². The predicted octanol–water partition coefficient (Wildman–Crippen LogP) is 3.71. The average Bonchev–Trinajstić information content (AvgIpc) is 2.83. The summed E-state index contributed by atoms with van der Waals surface area (Å²) in [6, 6.07) is 3.82. The number of ether oxygens (including phenoxy) is 1. The number of nitrogens with one attached hydrogen (secondary N) is 3. The summed E-state index contributed by atoms with van der Waals surface area (Å²) in [6.45, 7) is 3.02. The molecular weight excluding hydrogens is 449 g/mol. The summed E-state index contributed by atoms with van der Waals surface area (Å²) < 4.78 is 46.1. The van der Waals surface area contributed by atoms with Crippen molar-refractivity contribution in [2.75, 3.05) is 43.9 Å². The molecule has 4 rings (SSSR count). The van der Waals surface area contributed by atoms with Gasteiger partial charge in [0.25, 0.3) is 0 Å². The van der Waals surface area contributed by atoms with Crippen molar-refractivity contribution in [1.82, 2.24) is 20.2 Å². The molecule has 2 aliphatic rings. The molecule has 11 heteroatoms. The molecule has 1 saturated heterocycles. The lowest BCUT2D eigenvalue weighted by atomic mass is 10.00. The van der Waals surface area contributed by atoms with E-state index in [1.165, 1.54) is 7.11 Å². The maximum absolute atomic E-state index is 13.5. The lowest BCUT2D eigenvalue weighted by Gasteiger charge is -2.26. The topological polar surface area (TPSA) is 91.4 Å². The minimum absolute atomic E-state index is 0.000115. The van der Waals surface area contributed by atoms with Crippen molar-refractivity contribution >= 4 is 23.4 Å². The number of anilines is 3. The van der Waals surface area contributed by atoms with E-state index in [9.17, 15) is 18.0 Å². The summed E-state index contributed by atoms with van der Waals surface area (Å²) in [4.78, 5) is 22.1. The van der Waals surface area contributed by atoms with E-state index in [1.807, 2.05) is 12.1 Å². The van der Waals surface area contributed by atoms with E-state index < -0.39 is 11.7 Å². The summed E-state index contributed by atoms with van der Waals surface area (Å²) in [5.41, 5.74) is 1.83. The molecule has 3 N–H and O–H groups in total. The Bertz CT molecular complexity index is 1020. The number of piperidine rings is 1. The largest absolute Gasteiger partial charge is 0.495 e. The van der Waals surface area contributed by atoms with Crippen molar-refractivity contribution in [3.63, 3.8) is 0 Å². The van der Waals surface area contributed by atoms with Crippen LogP contribution in [0.5, 0.6) is 5.75 Å². The number of methoxy groups -OCH3 is 1. The third-order valence-electron chi connectivity index (χ3n) is 6.09. The number of fused-ring (bicyclic) bond motifs is 1. The second-order valence-electron chi connectivity index (χ2n) is 8.44. The quantitative estimate of drug-likeness (QED) is 0.559. The molecule has 184 valence electrons. The van der Waals surface area contributed by atoms with Crippen LogP contribution < -0.4 is 20.7 Å². The Balaban J connectivity index is 1.51. The summed E-state index contributed by atoms with van der Waals surface area (Å²) in [5, 5.41) is 8.97. The maximum atomic E-state index is 13.5. The van der Waals surface area contributed by atoms with Crippen LogP contribution in [-0.2, 0) is 23.9 Å². The zero-order chi connectivity index (χ0) is 24.1. The van der Waals surface area contributed by atoms with Gasteiger partial charge in [0.15, 0.2) is 0 Å². The molecule has 0 saturated carbocycles. The highest BCUT2D eigenvalue weighted by molar-refractivity contribution is 5.76. The number of halogens is 3. The van der Waals surface area contributed by atoms with Crippen LogP contribution in [0.1, 0.15) is 42.4 Å². The predicted molar refractivity (Wildman–Crippen MR) is 122 cm³/mol. The summed E-state index contributed by atoms with van der Waals surface area (Å²) in [5.74, 6) is 0.126. The standard InChI is InChI=1S/C23H29F3N6O2/c1-34-19-12-15-5-7-27-13-16(15)11-18(19)30-22-29-14-17(23(24,25)26)21(31-22)28-8-6-20(33)32-9-3-2-4-10-32/h11-12,14,27H,2-10,13H2,1H3,(H2,28,29,30,31). The number of hydrogen-bond acceptors (Lipinski definition) is 7. The number of amides is 1. The Morgan fingerprint density at radius 1 is 1.21 bits per heavy atom. The molecule has 2 aromatic rings. The SMILES string of the molecule is COc1cc2c(cc1Nc1ncc(C(F)(F)F)c(NCCC(=O)N3CCCCC3)n1)CNCC2. The Morgan fingerprint density at radius 3 is 2.74 bits per heavy atom. The first-order valence-corrected chi connectivity index (χ1v) is 11.5. The molecule has 1 fully saturated rings. The number of benzene rings is 1. The Labute approximate surface area is 196 Å². The van der Waals surface area contributed by atoms with E-state index >= 15 is 0 Å². The minimum atomic E-state index is -4.63. The highest BCUT2D eigenvalue weighted by atomic mass is 19.4. The zero-order valence-electron chi connectivity index (χ0n) is 19.1. The molecule has 0 radical (unpaired) electrons. The number of carbonyl (C=O) groups is 1. The van der Waals surface area contributed by atoms with Crippen molar-refractivity contribution in [3.05, 3.63) is 35.0 Å². The third-order valence-corrected chi connectivity index (χ3v) is 6.09. The van der Waals surface area contributed by atoms with Crippen molar-refractivity contribution in [2.45, 2.75) is 44.8 Å². The molecule has 2 aliphatic heterocycles. The Morgan fingerprint density at radius 2 is 2.00 bits per heavy atom. The van der Waals surface area contributed by atoms with Crippen LogP contribution in [0.4, 0.5) is 30.6 Å². The molecule has 1 aromatic heterocycles. The van der Waals surface area contributed by atoms with Crippen molar-refractivity contribution in [3.8, 4) is 5.75 Å². The number of nitrogens with zero attached hydrogens (tertiary/aromatic N) is 3. The lowest BCUT2D eigenvalue weighted by Crippen LogP contribution is -2.36. The van der Waals surface area contributed by atoms with Gasteiger partial charge >= 0.3 is 6.18 Å². The fraction of sp³-hybridized carbons (Fsp3) is 0.522. The third kappa shape index (κ3) is 5.69. The lowest BCUT2D eigenvalue weighted by molar-refractivity contribution is -0.137. The number of carbonyl (C=O) groups excluding carboxylic acids is 1. The minimum Gasteiger partial charge on any atom is -0.495 e. The molecular formula is C23H29F3N6O2. The van der Waals surface area contributed by atoms with Crippen molar-refractivity contribution in [1.29, 1.82) is 0 Å². The molecule has 0 spiro atoms. The summed E-state index contributed by atoms with van der Waals surface area (Å²) >= 11 is 0. The smallest absolute Gasteiger partial charge is 0.421 e. The van der Waals surface area contributed by atoms with E-state index in [0.29, 0.717) is 31.1 Å². The van der Waals surface area contributed by atoms with Gasteiger partial charge in [-0.1, -0.05) is 0 Å². The van der Waals surface area contributed by atoms with Gasteiger partial charge in [0.2, 0.25) is 11.9 Å². The number of rotatable bonds is 7. The van der Waals surface area contributed by atoms with Crippen LogP contribution in [0.15, 0.2) is 18.3 Å². The highest BCUT2D eigenvalue weighted by Gasteiger charge is 2.35. The molecule has 0 atom stereocenters. The number of alkyl halides is 3. The fourth-order valence-electron chi connectivity index (χ4n) is 4.27. The summed E-state index contributed by atoms with van der Waals surface area (Å²) in [6.07, 6.45) is 0.0897. The van der Waals surface area contributed by atoms with E-state index in [2.05, 4.69) is 25.9 Å². The van der Waals surface area contributed by atoms with E-state index in [0.717, 1.165) is 49.6 Å². The molecule has 0 unspecified atom stereocenters. The van der Waals surface area contributed by atoms with E-state index in [4.69, 9.17) is 4.74 Å². The van der Waals surface area contributed by atoms with Gasteiger partial charge in [-0.05, 0) is 55.5 Å². The number of likely N-dealkylation sites (tertiary alicyclic amines) is 1. The fourth-order valence-corrected chi connectivity index (χ4v) is 4.27. The van der Waals surface area contributed by atoms with Gasteiger partial charge in [0.1, 0.15) is 17.1 Å². The molecule has 8 nitrogen and oxygen atoms in total. The normalized spacial score (nSPS) is 16.1. The van der Waals surface area contributed by atoms with Gasteiger partial charge in [0, 0.05) is 38.8 Å². The second-order valence-corrected chi connectivity index (χ2v) is 8.44. The highest BCUT2D eigenvalue weighted by Crippen LogP contribution is 2.35. The first kappa shape index (κ1) is 24.1. The van der Waals surface area contributed by atoms with Crippen LogP contribution in [0.25, 0.3) is 0 Å². The number of hydrogen-bond donors (Lipinski definition) is 3. The molecule has 34 heavy (non-hydrogen) atoms. The second kappa shape index (κ2) is 10.5. The van der Waals surface area contributed by atoms with Crippen LogP contribution in [0.2, 0.25) is 0 Å². The molecule has 0 aliphatic carbocycles. The Hall–Kier alpha value is -3.08. The van der Waals surface area contributed by atoms with Crippen LogP contribution in [0, 0.1) is 0 Å². The first-order chi connectivity index (χ1) is 16.3. The molecule has 1 aromatic carbocycles.